The molecular weight excluding hydrogens is 470 g/mol. The highest BCUT2D eigenvalue weighted by atomic mass is 16.2. The smallest absolute Gasteiger partial charge is 0.255 e. The van der Waals surface area contributed by atoms with Gasteiger partial charge in [0.15, 0.2) is 0 Å². The third-order valence-corrected chi connectivity index (χ3v) is 8.27. The fraction of sp³-hybridized carbons (Fsp3) is 0.393. The van der Waals surface area contributed by atoms with E-state index < -0.39 is 11.9 Å². The van der Waals surface area contributed by atoms with Crippen LogP contribution in [0.4, 0.5) is 5.69 Å². The van der Waals surface area contributed by atoms with E-state index >= 15 is 0 Å². The van der Waals surface area contributed by atoms with Crippen molar-refractivity contribution in [2.24, 2.45) is 5.41 Å². The first-order valence-corrected chi connectivity index (χ1v) is 12.7. The summed E-state index contributed by atoms with van der Waals surface area (Å²) < 4.78 is 0. The van der Waals surface area contributed by atoms with Crippen LogP contribution in [0.1, 0.15) is 57.5 Å². The molecule has 4 amide bonds. The molecule has 0 radical (unpaired) electrons. The lowest BCUT2D eigenvalue weighted by molar-refractivity contribution is -0.136. The van der Waals surface area contributed by atoms with Crippen LogP contribution in [0.15, 0.2) is 42.5 Å². The number of nitrogens with zero attached hydrogens (tertiary/aromatic N) is 4. The Morgan fingerprint density at radius 2 is 1.84 bits per heavy atom. The number of carbonyl (C=O) groups excluding carboxylic acids is 4. The largest absolute Gasteiger partial charge is 0.370 e. The first-order valence-electron chi connectivity index (χ1n) is 12.7. The van der Waals surface area contributed by atoms with E-state index in [2.05, 4.69) is 16.3 Å². The number of hydrogen-bond acceptors (Lipinski definition) is 6. The molecule has 3 fully saturated rings. The van der Waals surface area contributed by atoms with Crippen LogP contribution in [-0.2, 0) is 16.1 Å². The molecule has 1 spiro atoms. The van der Waals surface area contributed by atoms with Crippen LogP contribution in [-0.4, -0.2) is 65.6 Å². The van der Waals surface area contributed by atoms with Crippen LogP contribution in [0.3, 0.4) is 0 Å². The molecular formula is C28H27N5O4. The summed E-state index contributed by atoms with van der Waals surface area (Å²) in [5.74, 6) is -0.867. The Kier molecular flexibility index (Phi) is 5.48. The number of fused-ring (bicyclic) bond motifs is 1. The number of likely N-dealkylation sites (tertiary alicyclic amines) is 1. The molecule has 4 heterocycles. The predicted molar refractivity (Wildman–Crippen MR) is 133 cm³/mol. The molecule has 0 bridgehead atoms. The highest BCUT2D eigenvalue weighted by Crippen LogP contribution is 2.43. The second-order valence-corrected chi connectivity index (χ2v) is 10.6. The van der Waals surface area contributed by atoms with Gasteiger partial charge in [-0.15, -0.1) is 0 Å². The number of benzene rings is 2. The summed E-state index contributed by atoms with van der Waals surface area (Å²) in [4.78, 5) is 55.4. The van der Waals surface area contributed by atoms with Crippen molar-refractivity contribution >= 4 is 29.3 Å². The third-order valence-electron chi connectivity index (χ3n) is 8.27. The molecule has 2 aromatic rings. The van der Waals surface area contributed by atoms with Crippen LogP contribution < -0.4 is 10.2 Å². The van der Waals surface area contributed by atoms with E-state index in [1.54, 1.807) is 29.2 Å². The van der Waals surface area contributed by atoms with Crippen molar-refractivity contribution in [1.29, 1.82) is 5.26 Å². The number of carbonyl (C=O) groups is 4. The summed E-state index contributed by atoms with van der Waals surface area (Å²) in [7, 11) is 0. The summed E-state index contributed by atoms with van der Waals surface area (Å²) in [6.45, 7) is 3.58. The Balaban J connectivity index is 1.07. The van der Waals surface area contributed by atoms with Crippen molar-refractivity contribution in [2.45, 2.75) is 38.3 Å². The van der Waals surface area contributed by atoms with Gasteiger partial charge in [-0.3, -0.25) is 24.5 Å². The normalized spacial score (nSPS) is 22.4. The fourth-order valence-electron chi connectivity index (χ4n) is 6.11. The number of piperidine rings is 2. The van der Waals surface area contributed by atoms with Gasteiger partial charge in [0.25, 0.3) is 11.8 Å². The Bertz CT molecular complexity index is 1360. The van der Waals surface area contributed by atoms with E-state index in [0.717, 1.165) is 37.2 Å². The molecule has 0 aliphatic carbocycles. The van der Waals surface area contributed by atoms with E-state index in [-0.39, 0.29) is 29.6 Å². The van der Waals surface area contributed by atoms with E-state index in [1.807, 2.05) is 23.1 Å². The summed E-state index contributed by atoms with van der Waals surface area (Å²) in [5.41, 5.74) is 3.83. The predicted octanol–water partition coefficient (Wildman–Crippen LogP) is 2.06. The molecule has 6 rings (SSSR count). The van der Waals surface area contributed by atoms with Gasteiger partial charge in [-0.05, 0) is 61.2 Å². The fourth-order valence-corrected chi connectivity index (χ4v) is 6.11. The first kappa shape index (κ1) is 23.2. The first-order chi connectivity index (χ1) is 17.9. The zero-order valence-electron chi connectivity index (χ0n) is 20.4. The topological polar surface area (TPSA) is 114 Å². The van der Waals surface area contributed by atoms with E-state index in [0.29, 0.717) is 42.7 Å². The van der Waals surface area contributed by atoms with Gasteiger partial charge in [0.2, 0.25) is 11.8 Å². The van der Waals surface area contributed by atoms with Crippen molar-refractivity contribution in [3.05, 3.63) is 64.7 Å². The molecule has 37 heavy (non-hydrogen) atoms. The van der Waals surface area contributed by atoms with Crippen LogP contribution in [0.25, 0.3) is 0 Å². The number of imide groups is 1. The van der Waals surface area contributed by atoms with Crippen LogP contribution in [0.2, 0.25) is 0 Å². The molecule has 2 aromatic carbocycles. The Morgan fingerprint density at radius 3 is 2.57 bits per heavy atom. The van der Waals surface area contributed by atoms with Gasteiger partial charge >= 0.3 is 0 Å². The molecule has 1 atom stereocenters. The van der Waals surface area contributed by atoms with Gasteiger partial charge in [0, 0.05) is 61.4 Å². The summed E-state index contributed by atoms with van der Waals surface area (Å²) >= 11 is 0. The molecule has 9 nitrogen and oxygen atoms in total. The molecule has 3 saturated heterocycles. The SMILES string of the molecule is N#Cc1cccc(C(=O)N2CCC3(CC2)CN(c2ccc4c(c2)CN(C2CCC(=O)NC2=O)C4=O)C3)c1. The average Bonchev–Trinajstić information content (AvgIpc) is 3.22. The highest BCUT2D eigenvalue weighted by molar-refractivity contribution is 6.05. The van der Waals surface area contributed by atoms with E-state index in [1.165, 1.54) is 0 Å². The lowest BCUT2D eigenvalue weighted by atomic mass is 9.71. The standard InChI is InChI=1S/C28H27N5O4/c29-14-18-2-1-3-19(12-18)26(36)31-10-8-28(9-11-31)16-32(17-28)21-4-5-22-20(13-21)15-33(27(22)37)23-6-7-24(34)30-25(23)35/h1-5,12-13,23H,6-11,15-17H2,(H,30,34,35). The molecule has 1 N–H and O–H groups in total. The van der Waals surface area contributed by atoms with Crippen LogP contribution in [0, 0.1) is 16.7 Å². The van der Waals surface area contributed by atoms with Gasteiger partial charge < -0.3 is 14.7 Å². The summed E-state index contributed by atoms with van der Waals surface area (Å²) in [6, 6.07) is 14.2. The number of hydrogen-bond donors (Lipinski definition) is 1. The minimum Gasteiger partial charge on any atom is -0.370 e. The Labute approximate surface area is 214 Å². The number of rotatable bonds is 3. The number of amides is 4. The lowest BCUT2D eigenvalue weighted by Gasteiger charge is -2.55. The summed E-state index contributed by atoms with van der Waals surface area (Å²) in [6.07, 6.45) is 2.46. The third kappa shape index (κ3) is 4.02. The maximum Gasteiger partial charge on any atom is 0.255 e. The van der Waals surface area contributed by atoms with Crippen molar-refractivity contribution in [1.82, 2.24) is 15.1 Å². The van der Waals surface area contributed by atoms with E-state index in [9.17, 15) is 19.2 Å². The number of nitrogens with one attached hydrogen (secondary N) is 1. The quantitative estimate of drug-likeness (QED) is 0.650. The zero-order chi connectivity index (χ0) is 25.7. The molecule has 4 aliphatic heterocycles. The van der Waals surface area contributed by atoms with Gasteiger partial charge in [-0.25, -0.2) is 0 Å². The maximum absolute atomic E-state index is 13.0. The molecule has 0 aromatic heterocycles. The van der Waals surface area contributed by atoms with Crippen molar-refractivity contribution < 1.29 is 19.2 Å². The monoisotopic (exact) mass is 497 g/mol. The van der Waals surface area contributed by atoms with E-state index in [4.69, 9.17) is 5.26 Å². The molecule has 4 aliphatic rings. The molecule has 1 unspecified atom stereocenters. The highest BCUT2D eigenvalue weighted by Gasteiger charge is 2.46. The van der Waals surface area contributed by atoms with Gasteiger partial charge in [-0.1, -0.05) is 6.07 Å². The molecule has 0 saturated carbocycles. The number of nitriles is 1. The second kappa shape index (κ2) is 8.73. The maximum atomic E-state index is 13.0. The zero-order valence-corrected chi connectivity index (χ0v) is 20.4. The van der Waals surface area contributed by atoms with Crippen LogP contribution >= 0.6 is 0 Å². The number of anilines is 1. The molecule has 9 heteroatoms. The van der Waals surface area contributed by atoms with Gasteiger partial charge in [-0.2, -0.15) is 5.26 Å². The van der Waals surface area contributed by atoms with Gasteiger partial charge in [0.05, 0.1) is 11.6 Å². The van der Waals surface area contributed by atoms with Crippen molar-refractivity contribution in [2.75, 3.05) is 31.1 Å². The molecule has 188 valence electrons. The Hall–Kier alpha value is -4.19. The summed E-state index contributed by atoms with van der Waals surface area (Å²) in [5, 5.41) is 11.5. The van der Waals surface area contributed by atoms with Crippen molar-refractivity contribution in [3.63, 3.8) is 0 Å². The Morgan fingerprint density at radius 1 is 1.05 bits per heavy atom. The lowest BCUT2D eigenvalue weighted by Crippen LogP contribution is -2.61. The minimum absolute atomic E-state index is 0.0213. The minimum atomic E-state index is -0.608. The second-order valence-electron chi connectivity index (χ2n) is 10.6. The average molecular weight is 498 g/mol. The van der Waals surface area contributed by atoms with Gasteiger partial charge in [0.1, 0.15) is 6.04 Å². The van der Waals surface area contributed by atoms with Crippen LogP contribution in [0.5, 0.6) is 0 Å². The van der Waals surface area contributed by atoms with Crippen molar-refractivity contribution in [3.8, 4) is 6.07 Å².